The van der Waals surface area contributed by atoms with Gasteiger partial charge in [-0.05, 0) is 36.2 Å². The lowest BCUT2D eigenvalue weighted by Gasteiger charge is -2.13. The van der Waals surface area contributed by atoms with Gasteiger partial charge in [-0.15, -0.1) is 0 Å². The van der Waals surface area contributed by atoms with Crippen LogP contribution in [0.2, 0.25) is 0 Å². The van der Waals surface area contributed by atoms with Crippen molar-refractivity contribution in [3.63, 3.8) is 0 Å². The van der Waals surface area contributed by atoms with Gasteiger partial charge in [0.1, 0.15) is 5.82 Å². The number of nitrogens with one attached hydrogen (secondary N) is 1. The number of oxazole rings is 1. The molecular weight excluding hydrogens is 311 g/mol. The lowest BCUT2D eigenvalue weighted by atomic mass is 10.00. The number of halogens is 1. The predicted octanol–water partition coefficient (Wildman–Crippen LogP) is 3.09. The van der Waals surface area contributed by atoms with E-state index in [9.17, 15) is 14.0 Å². The molecule has 24 heavy (non-hydrogen) atoms. The molecule has 0 saturated carbocycles. The summed E-state index contributed by atoms with van der Waals surface area (Å²) in [7, 11) is 1.60. The first kappa shape index (κ1) is 16.0. The monoisotopic (exact) mass is 328 g/mol. The Bertz CT molecular complexity index is 958. The second-order valence-corrected chi connectivity index (χ2v) is 5.80. The minimum absolute atomic E-state index is 0.217. The van der Waals surface area contributed by atoms with Crippen LogP contribution in [0.4, 0.5) is 10.1 Å². The van der Waals surface area contributed by atoms with Crippen molar-refractivity contribution in [2.75, 3.05) is 5.32 Å². The molecule has 1 atom stereocenters. The van der Waals surface area contributed by atoms with Gasteiger partial charge in [0.15, 0.2) is 5.58 Å². The Morgan fingerprint density at radius 2 is 2.04 bits per heavy atom. The number of aryl methyl sites for hydroxylation is 1. The number of aromatic nitrogens is 1. The van der Waals surface area contributed by atoms with Crippen molar-refractivity contribution in [1.82, 2.24) is 4.57 Å². The number of hydrogen-bond donors (Lipinski definition) is 1. The van der Waals surface area contributed by atoms with Gasteiger partial charge in [-0.25, -0.2) is 9.18 Å². The topological polar surface area (TPSA) is 64.2 Å². The minimum atomic E-state index is -0.457. The highest BCUT2D eigenvalue weighted by molar-refractivity contribution is 5.94. The highest BCUT2D eigenvalue weighted by Gasteiger charge is 2.16. The maximum atomic E-state index is 13.7. The Labute approximate surface area is 137 Å². The van der Waals surface area contributed by atoms with Crippen molar-refractivity contribution in [3.8, 4) is 0 Å². The van der Waals surface area contributed by atoms with E-state index in [1.54, 1.807) is 50.4 Å². The number of carbonyl (C=O) groups is 1. The summed E-state index contributed by atoms with van der Waals surface area (Å²) in [5.74, 6) is -1.38. The van der Waals surface area contributed by atoms with E-state index in [1.165, 1.54) is 10.6 Å². The maximum absolute atomic E-state index is 13.7. The molecule has 1 unspecified atom stereocenters. The van der Waals surface area contributed by atoms with Gasteiger partial charge in [-0.3, -0.25) is 9.36 Å². The molecule has 5 nitrogen and oxygen atoms in total. The maximum Gasteiger partial charge on any atom is 0.419 e. The van der Waals surface area contributed by atoms with Crippen molar-refractivity contribution in [1.29, 1.82) is 0 Å². The summed E-state index contributed by atoms with van der Waals surface area (Å²) >= 11 is 0. The van der Waals surface area contributed by atoms with E-state index in [0.29, 0.717) is 28.8 Å². The molecule has 0 aliphatic rings. The van der Waals surface area contributed by atoms with E-state index in [2.05, 4.69) is 5.32 Å². The third kappa shape index (κ3) is 3.08. The van der Waals surface area contributed by atoms with E-state index in [1.807, 2.05) is 0 Å². The van der Waals surface area contributed by atoms with Crippen molar-refractivity contribution < 1.29 is 13.6 Å². The molecule has 1 heterocycles. The Morgan fingerprint density at radius 3 is 2.79 bits per heavy atom. The Morgan fingerprint density at radius 1 is 1.29 bits per heavy atom. The van der Waals surface area contributed by atoms with Crippen LogP contribution in [0.3, 0.4) is 0 Å². The minimum Gasteiger partial charge on any atom is -0.408 e. The molecule has 6 heteroatoms. The fourth-order valence-electron chi connectivity index (χ4n) is 2.56. The van der Waals surface area contributed by atoms with E-state index in [0.717, 1.165) is 0 Å². The molecule has 1 aromatic heterocycles. The summed E-state index contributed by atoms with van der Waals surface area (Å²) in [5.41, 5.74) is 2.12. The lowest BCUT2D eigenvalue weighted by Crippen LogP contribution is -2.22. The number of benzene rings is 2. The second kappa shape index (κ2) is 6.31. The van der Waals surface area contributed by atoms with Gasteiger partial charge >= 0.3 is 5.76 Å². The molecule has 124 valence electrons. The molecule has 1 N–H and O–H groups in total. The summed E-state index contributed by atoms with van der Waals surface area (Å²) in [6.45, 7) is 1.74. The van der Waals surface area contributed by atoms with E-state index >= 15 is 0 Å². The van der Waals surface area contributed by atoms with Crippen LogP contribution in [0.1, 0.15) is 12.5 Å². The van der Waals surface area contributed by atoms with Crippen molar-refractivity contribution in [2.45, 2.75) is 13.3 Å². The molecule has 3 aromatic rings. The van der Waals surface area contributed by atoms with Gasteiger partial charge in [-0.2, -0.15) is 0 Å². The molecule has 0 aliphatic heterocycles. The fourth-order valence-corrected chi connectivity index (χ4v) is 2.56. The zero-order chi connectivity index (χ0) is 17.3. The third-order valence-electron chi connectivity index (χ3n) is 3.99. The highest BCUT2D eigenvalue weighted by Crippen LogP contribution is 2.19. The summed E-state index contributed by atoms with van der Waals surface area (Å²) in [6.07, 6.45) is 0.310. The summed E-state index contributed by atoms with van der Waals surface area (Å²) in [6, 6.07) is 11.4. The van der Waals surface area contributed by atoms with Crippen LogP contribution in [0.5, 0.6) is 0 Å². The number of nitrogens with zero attached hydrogens (tertiary/aromatic N) is 1. The van der Waals surface area contributed by atoms with E-state index in [-0.39, 0.29) is 11.7 Å². The van der Waals surface area contributed by atoms with Crippen LogP contribution in [0.25, 0.3) is 11.1 Å². The number of rotatable bonds is 4. The standard InChI is InChI=1S/C18H17FN2O3/c1-11(9-12-5-3-4-6-14(12)19)17(22)20-13-7-8-16-15(10-13)21(2)18(23)24-16/h3-8,10-11H,9H2,1-2H3,(H,20,22). The number of amides is 1. The van der Waals surface area contributed by atoms with Gasteiger partial charge in [0.05, 0.1) is 5.52 Å². The van der Waals surface area contributed by atoms with Gasteiger partial charge in [-0.1, -0.05) is 25.1 Å². The average Bonchev–Trinajstić information content (AvgIpc) is 2.84. The van der Waals surface area contributed by atoms with Crippen LogP contribution < -0.4 is 11.1 Å². The normalized spacial score (nSPS) is 12.3. The van der Waals surface area contributed by atoms with Crippen molar-refractivity contribution in [2.24, 2.45) is 13.0 Å². The Kier molecular flexibility index (Phi) is 4.20. The molecule has 1 amide bonds. The molecule has 2 aromatic carbocycles. The number of hydrogen-bond acceptors (Lipinski definition) is 3. The van der Waals surface area contributed by atoms with Crippen LogP contribution >= 0.6 is 0 Å². The zero-order valence-corrected chi connectivity index (χ0v) is 13.4. The molecule has 3 rings (SSSR count). The third-order valence-corrected chi connectivity index (χ3v) is 3.99. The molecule has 0 spiro atoms. The Hall–Kier alpha value is -2.89. The zero-order valence-electron chi connectivity index (χ0n) is 13.4. The van der Waals surface area contributed by atoms with Gasteiger partial charge < -0.3 is 9.73 Å². The molecule has 0 saturated heterocycles. The van der Waals surface area contributed by atoms with Crippen molar-refractivity contribution >= 4 is 22.7 Å². The van der Waals surface area contributed by atoms with Crippen LogP contribution in [-0.4, -0.2) is 10.5 Å². The van der Waals surface area contributed by atoms with Gasteiger partial charge in [0, 0.05) is 18.7 Å². The van der Waals surface area contributed by atoms with E-state index in [4.69, 9.17) is 4.42 Å². The largest absolute Gasteiger partial charge is 0.419 e. The quantitative estimate of drug-likeness (QED) is 0.800. The SMILES string of the molecule is CC(Cc1ccccc1F)C(=O)Nc1ccc2oc(=O)n(C)c2c1. The van der Waals surface area contributed by atoms with Crippen LogP contribution in [0.15, 0.2) is 51.7 Å². The van der Waals surface area contributed by atoms with Gasteiger partial charge in [0.25, 0.3) is 0 Å². The van der Waals surface area contributed by atoms with Gasteiger partial charge in [0.2, 0.25) is 5.91 Å². The molecule has 0 bridgehead atoms. The predicted molar refractivity (Wildman–Crippen MR) is 89.4 cm³/mol. The molecule has 0 fully saturated rings. The molecular formula is C18H17FN2O3. The van der Waals surface area contributed by atoms with Crippen LogP contribution in [0, 0.1) is 11.7 Å². The average molecular weight is 328 g/mol. The summed E-state index contributed by atoms with van der Waals surface area (Å²) < 4.78 is 20.1. The summed E-state index contributed by atoms with van der Waals surface area (Å²) in [5, 5.41) is 2.79. The molecule has 0 aliphatic carbocycles. The first-order valence-corrected chi connectivity index (χ1v) is 7.59. The Balaban J connectivity index is 1.75. The number of fused-ring (bicyclic) bond motifs is 1. The number of anilines is 1. The molecule has 0 radical (unpaired) electrons. The smallest absolute Gasteiger partial charge is 0.408 e. The lowest BCUT2D eigenvalue weighted by molar-refractivity contribution is -0.119. The highest BCUT2D eigenvalue weighted by atomic mass is 19.1. The second-order valence-electron chi connectivity index (χ2n) is 5.80. The summed E-state index contributed by atoms with van der Waals surface area (Å²) in [4.78, 5) is 23.8. The first-order valence-electron chi connectivity index (χ1n) is 7.59. The van der Waals surface area contributed by atoms with E-state index < -0.39 is 11.7 Å². The fraction of sp³-hybridized carbons (Fsp3) is 0.222. The number of carbonyl (C=O) groups excluding carboxylic acids is 1. The first-order chi connectivity index (χ1) is 11.5. The van der Waals surface area contributed by atoms with Crippen LogP contribution in [-0.2, 0) is 18.3 Å². The van der Waals surface area contributed by atoms with Crippen molar-refractivity contribution in [3.05, 3.63) is 64.4 Å².